The summed E-state index contributed by atoms with van der Waals surface area (Å²) in [6.45, 7) is 0. The highest BCUT2D eigenvalue weighted by Gasteiger charge is 2.16. The number of hydrogen-bond acceptors (Lipinski definition) is 4. The molecule has 0 fully saturated rings. The average molecular weight is 346 g/mol. The molecule has 0 aliphatic rings. The van der Waals surface area contributed by atoms with Gasteiger partial charge in [-0.3, -0.25) is 19.7 Å². The lowest BCUT2D eigenvalue weighted by Crippen LogP contribution is -2.15. The molecule has 6 nitrogen and oxygen atoms in total. The van der Waals surface area contributed by atoms with Gasteiger partial charge in [0.2, 0.25) is 0 Å². The van der Waals surface area contributed by atoms with Crippen LogP contribution in [0.1, 0.15) is 26.3 Å². The molecule has 0 aliphatic heterocycles. The number of nitro benzene ring substituents is 1. The molecule has 0 radical (unpaired) electrons. The molecule has 26 heavy (non-hydrogen) atoms. The molecule has 3 aromatic rings. The molecule has 0 spiro atoms. The summed E-state index contributed by atoms with van der Waals surface area (Å²) in [5, 5.41) is 13.4. The van der Waals surface area contributed by atoms with Crippen LogP contribution in [0.3, 0.4) is 0 Å². The van der Waals surface area contributed by atoms with Crippen molar-refractivity contribution in [3.8, 4) is 0 Å². The summed E-state index contributed by atoms with van der Waals surface area (Å²) < 4.78 is 0. The maximum atomic E-state index is 12.7. The van der Waals surface area contributed by atoms with Crippen molar-refractivity contribution in [1.29, 1.82) is 0 Å². The van der Waals surface area contributed by atoms with Crippen LogP contribution in [0.2, 0.25) is 0 Å². The zero-order valence-corrected chi connectivity index (χ0v) is 13.6. The first kappa shape index (κ1) is 17.0. The minimum Gasteiger partial charge on any atom is -0.321 e. The minimum absolute atomic E-state index is 0.0961. The molecule has 0 bridgehead atoms. The molecule has 0 atom stereocenters. The standard InChI is InChI=1S/C20H14N2O4/c23-19(14-6-2-1-3-7-14)17-8-4-5-9-18(17)21-20(24)15-10-12-16(13-11-15)22(25)26/h1-13H,(H,21,24). The van der Waals surface area contributed by atoms with Crippen molar-refractivity contribution in [2.75, 3.05) is 5.32 Å². The van der Waals surface area contributed by atoms with Crippen LogP contribution in [-0.2, 0) is 0 Å². The van der Waals surface area contributed by atoms with Crippen molar-refractivity contribution >= 4 is 23.1 Å². The van der Waals surface area contributed by atoms with E-state index in [0.717, 1.165) is 0 Å². The van der Waals surface area contributed by atoms with Gasteiger partial charge in [0.25, 0.3) is 11.6 Å². The normalized spacial score (nSPS) is 10.2. The first-order valence-corrected chi connectivity index (χ1v) is 7.81. The summed E-state index contributed by atoms with van der Waals surface area (Å²) in [5.41, 5.74) is 1.43. The van der Waals surface area contributed by atoms with Crippen LogP contribution < -0.4 is 5.32 Å². The average Bonchev–Trinajstić information content (AvgIpc) is 2.68. The lowest BCUT2D eigenvalue weighted by molar-refractivity contribution is -0.384. The fraction of sp³-hybridized carbons (Fsp3) is 0. The molecular formula is C20H14N2O4. The van der Waals surface area contributed by atoms with Gasteiger partial charge in [0.05, 0.1) is 10.6 Å². The predicted octanol–water partition coefficient (Wildman–Crippen LogP) is 4.08. The van der Waals surface area contributed by atoms with Crippen molar-refractivity contribution < 1.29 is 14.5 Å². The molecule has 0 heterocycles. The molecule has 0 saturated carbocycles. The number of nitrogens with one attached hydrogen (secondary N) is 1. The van der Waals surface area contributed by atoms with Crippen molar-refractivity contribution in [2.45, 2.75) is 0 Å². The van der Waals surface area contributed by atoms with Crippen LogP contribution >= 0.6 is 0 Å². The number of anilines is 1. The van der Waals surface area contributed by atoms with Gasteiger partial charge in [0.1, 0.15) is 0 Å². The molecule has 0 unspecified atom stereocenters. The Kier molecular flexibility index (Phi) is 4.85. The number of ketones is 1. The van der Waals surface area contributed by atoms with Crippen LogP contribution in [0.5, 0.6) is 0 Å². The van der Waals surface area contributed by atoms with Crippen molar-refractivity contribution in [1.82, 2.24) is 0 Å². The van der Waals surface area contributed by atoms with E-state index < -0.39 is 10.8 Å². The number of carbonyl (C=O) groups excluding carboxylic acids is 2. The van der Waals surface area contributed by atoms with Gasteiger partial charge in [-0.25, -0.2) is 0 Å². The quantitative estimate of drug-likeness (QED) is 0.428. The van der Waals surface area contributed by atoms with Crippen LogP contribution in [0, 0.1) is 10.1 Å². The highest BCUT2D eigenvalue weighted by molar-refractivity contribution is 6.15. The number of non-ortho nitro benzene ring substituents is 1. The predicted molar refractivity (Wildman–Crippen MR) is 97.4 cm³/mol. The zero-order valence-electron chi connectivity index (χ0n) is 13.6. The summed E-state index contributed by atoms with van der Waals surface area (Å²) in [4.78, 5) is 35.3. The van der Waals surface area contributed by atoms with Crippen molar-refractivity contribution in [3.63, 3.8) is 0 Å². The van der Waals surface area contributed by atoms with E-state index in [1.165, 1.54) is 24.3 Å². The molecular weight excluding hydrogens is 332 g/mol. The molecule has 3 rings (SSSR count). The summed E-state index contributed by atoms with van der Waals surface area (Å²) in [6, 6.07) is 20.7. The van der Waals surface area contributed by atoms with Gasteiger partial charge in [-0.15, -0.1) is 0 Å². The Labute approximate surface area is 149 Å². The lowest BCUT2D eigenvalue weighted by Gasteiger charge is -2.10. The van der Waals surface area contributed by atoms with Crippen molar-refractivity contribution in [2.24, 2.45) is 0 Å². The van der Waals surface area contributed by atoms with Crippen LogP contribution in [0.25, 0.3) is 0 Å². The van der Waals surface area contributed by atoms with Gasteiger partial charge in [-0.2, -0.15) is 0 Å². The Morgan fingerprint density at radius 1 is 0.769 bits per heavy atom. The summed E-state index contributed by atoms with van der Waals surface area (Å²) in [6.07, 6.45) is 0. The molecule has 3 aromatic carbocycles. The summed E-state index contributed by atoms with van der Waals surface area (Å²) in [5.74, 6) is -0.654. The zero-order chi connectivity index (χ0) is 18.5. The van der Waals surface area contributed by atoms with E-state index in [-0.39, 0.29) is 17.0 Å². The fourth-order valence-corrected chi connectivity index (χ4v) is 2.46. The number of rotatable bonds is 5. The number of benzene rings is 3. The van der Waals surface area contributed by atoms with E-state index in [0.29, 0.717) is 16.8 Å². The number of nitro groups is 1. The lowest BCUT2D eigenvalue weighted by atomic mass is 10.0. The van der Waals surface area contributed by atoms with E-state index in [9.17, 15) is 19.7 Å². The van der Waals surface area contributed by atoms with Gasteiger partial charge in [0, 0.05) is 28.8 Å². The molecule has 0 saturated heterocycles. The van der Waals surface area contributed by atoms with E-state index in [1.54, 1.807) is 48.5 Å². The summed E-state index contributed by atoms with van der Waals surface area (Å²) >= 11 is 0. The number of para-hydroxylation sites is 1. The van der Waals surface area contributed by atoms with Gasteiger partial charge in [-0.1, -0.05) is 42.5 Å². The third kappa shape index (κ3) is 3.64. The molecule has 6 heteroatoms. The first-order valence-electron chi connectivity index (χ1n) is 7.81. The number of amides is 1. The van der Waals surface area contributed by atoms with Gasteiger partial charge in [-0.05, 0) is 24.3 Å². The largest absolute Gasteiger partial charge is 0.321 e. The van der Waals surface area contributed by atoms with Crippen LogP contribution in [-0.4, -0.2) is 16.6 Å². The monoisotopic (exact) mass is 346 g/mol. The maximum Gasteiger partial charge on any atom is 0.269 e. The molecule has 1 amide bonds. The van der Waals surface area contributed by atoms with E-state index >= 15 is 0 Å². The number of nitrogens with zero attached hydrogens (tertiary/aromatic N) is 1. The second kappa shape index (κ2) is 7.40. The number of hydrogen-bond donors (Lipinski definition) is 1. The molecule has 1 N–H and O–H groups in total. The fourth-order valence-electron chi connectivity index (χ4n) is 2.46. The van der Waals surface area contributed by atoms with Crippen LogP contribution in [0.4, 0.5) is 11.4 Å². The van der Waals surface area contributed by atoms with Gasteiger partial charge in [0.15, 0.2) is 5.78 Å². The Morgan fingerprint density at radius 2 is 1.38 bits per heavy atom. The second-order valence-corrected chi connectivity index (χ2v) is 5.50. The highest BCUT2D eigenvalue weighted by atomic mass is 16.6. The Hall–Kier alpha value is -3.80. The smallest absolute Gasteiger partial charge is 0.269 e. The van der Waals surface area contributed by atoms with E-state index in [1.807, 2.05) is 6.07 Å². The third-order valence-electron chi connectivity index (χ3n) is 3.80. The Bertz CT molecular complexity index is 967. The Morgan fingerprint density at radius 3 is 2.04 bits per heavy atom. The highest BCUT2D eigenvalue weighted by Crippen LogP contribution is 2.21. The van der Waals surface area contributed by atoms with E-state index in [2.05, 4.69) is 5.32 Å². The van der Waals surface area contributed by atoms with Crippen molar-refractivity contribution in [3.05, 3.63) is 106 Å². The molecule has 0 aliphatic carbocycles. The van der Waals surface area contributed by atoms with Gasteiger partial charge < -0.3 is 5.32 Å². The molecule has 128 valence electrons. The number of carbonyl (C=O) groups is 2. The van der Waals surface area contributed by atoms with Gasteiger partial charge >= 0.3 is 0 Å². The summed E-state index contributed by atoms with van der Waals surface area (Å²) in [7, 11) is 0. The third-order valence-corrected chi connectivity index (χ3v) is 3.80. The van der Waals surface area contributed by atoms with E-state index in [4.69, 9.17) is 0 Å². The van der Waals surface area contributed by atoms with Crippen LogP contribution in [0.15, 0.2) is 78.9 Å². The Balaban J connectivity index is 1.85. The maximum absolute atomic E-state index is 12.7. The SMILES string of the molecule is O=C(Nc1ccccc1C(=O)c1ccccc1)c1ccc([N+](=O)[O-])cc1. The first-order chi connectivity index (χ1) is 12.6. The minimum atomic E-state index is -0.532. The second-order valence-electron chi connectivity index (χ2n) is 5.50. The topological polar surface area (TPSA) is 89.3 Å². The molecule has 0 aromatic heterocycles.